The van der Waals surface area contributed by atoms with Crippen molar-refractivity contribution >= 4 is 11.8 Å². The summed E-state index contributed by atoms with van der Waals surface area (Å²) in [7, 11) is 0. The number of hydrogen-bond acceptors (Lipinski definition) is 5. The van der Waals surface area contributed by atoms with Gasteiger partial charge in [-0.3, -0.25) is 14.6 Å². The Hall–Kier alpha value is -2.02. The van der Waals surface area contributed by atoms with Crippen LogP contribution in [0.3, 0.4) is 0 Å². The lowest BCUT2D eigenvalue weighted by molar-refractivity contribution is -0.133. The Morgan fingerprint density at radius 1 is 1.12 bits per heavy atom. The summed E-state index contributed by atoms with van der Waals surface area (Å²) in [6.07, 6.45) is 6.82. The SMILES string of the molecule is CCCCN(CCC(=O)N1CCN(CC)CC1)C(=O)c1cnccn1. The molecule has 0 atom stereocenters. The van der Waals surface area contributed by atoms with E-state index in [9.17, 15) is 9.59 Å². The van der Waals surface area contributed by atoms with E-state index in [0.29, 0.717) is 25.2 Å². The minimum Gasteiger partial charge on any atom is -0.340 e. The van der Waals surface area contributed by atoms with Crippen LogP contribution >= 0.6 is 0 Å². The van der Waals surface area contributed by atoms with E-state index < -0.39 is 0 Å². The number of nitrogens with zero attached hydrogens (tertiary/aromatic N) is 5. The Morgan fingerprint density at radius 3 is 2.48 bits per heavy atom. The Kier molecular flexibility index (Phi) is 7.78. The van der Waals surface area contributed by atoms with Gasteiger partial charge in [0.25, 0.3) is 5.91 Å². The monoisotopic (exact) mass is 347 g/mol. The lowest BCUT2D eigenvalue weighted by atomic mass is 10.2. The molecule has 1 aliphatic rings. The molecule has 7 nitrogen and oxygen atoms in total. The molecule has 7 heteroatoms. The van der Waals surface area contributed by atoms with Crippen molar-refractivity contribution in [2.45, 2.75) is 33.1 Å². The van der Waals surface area contributed by atoms with Gasteiger partial charge in [0.1, 0.15) is 5.69 Å². The lowest BCUT2D eigenvalue weighted by Gasteiger charge is -2.34. The number of unbranched alkanes of at least 4 members (excludes halogenated alkanes) is 1. The average molecular weight is 347 g/mol. The number of aromatic nitrogens is 2. The van der Waals surface area contributed by atoms with Gasteiger partial charge in [-0.25, -0.2) is 4.98 Å². The third-order valence-corrected chi connectivity index (χ3v) is 4.62. The predicted molar refractivity (Wildman–Crippen MR) is 96.2 cm³/mol. The highest BCUT2D eigenvalue weighted by Gasteiger charge is 2.22. The number of hydrogen-bond donors (Lipinski definition) is 0. The number of piperazine rings is 1. The highest BCUT2D eigenvalue weighted by Crippen LogP contribution is 2.07. The second-order valence-corrected chi connectivity index (χ2v) is 6.30. The molecule has 0 aliphatic carbocycles. The first-order valence-electron chi connectivity index (χ1n) is 9.21. The van der Waals surface area contributed by atoms with Gasteiger partial charge in [0, 0.05) is 58.1 Å². The topological polar surface area (TPSA) is 69.6 Å². The largest absolute Gasteiger partial charge is 0.340 e. The van der Waals surface area contributed by atoms with Crippen LogP contribution in [0.25, 0.3) is 0 Å². The van der Waals surface area contributed by atoms with Crippen LogP contribution in [0.4, 0.5) is 0 Å². The minimum atomic E-state index is -0.148. The van der Waals surface area contributed by atoms with Crippen molar-refractivity contribution in [1.82, 2.24) is 24.7 Å². The number of amides is 2. The Balaban J connectivity index is 1.89. The van der Waals surface area contributed by atoms with Gasteiger partial charge >= 0.3 is 0 Å². The maximum atomic E-state index is 12.6. The molecule has 0 bridgehead atoms. The Labute approximate surface area is 150 Å². The number of carbonyl (C=O) groups excluding carboxylic acids is 2. The molecule has 2 amide bonds. The van der Waals surface area contributed by atoms with Gasteiger partial charge in [-0.05, 0) is 13.0 Å². The third kappa shape index (κ3) is 5.77. The van der Waals surface area contributed by atoms with E-state index in [4.69, 9.17) is 0 Å². The molecule has 1 aromatic rings. The van der Waals surface area contributed by atoms with Gasteiger partial charge < -0.3 is 14.7 Å². The van der Waals surface area contributed by atoms with Crippen molar-refractivity contribution in [3.63, 3.8) is 0 Å². The summed E-state index contributed by atoms with van der Waals surface area (Å²) < 4.78 is 0. The Bertz CT molecular complexity index is 544. The summed E-state index contributed by atoms with van der Waals surface area (Å²) in [4.78, 5) is 39.1. The molecule has 25 heavy (non-hydrogen) atoms. The van der Waals surface area contributed by atoms with Crippen molar-refractivity contribution in [3.8, 4) is 0 Å². The Morgan fingerprint density at radius 2 is 1.88 bits per heavy atom. The number of likely N-dealkylation sites (N-methyl/N-ethyl adjacent to an activating group) is 1. The van der Waals surface area contributed by atoms with Gasteiger partial charge in [0.15, 0.2) is 0 Å². The molecular formula is C18H29N5O2. The molecular weight excluding hydrogens is 318 g/mol. The van der Waals surface area contributed by atoms with Gasteiger partial charge in [-0.15, -0.1) is 0 Å². The molecule has 0 N–H and O–H groups in total. The maximum absolute atomic E-state index is 12.6. The summed E-state index contributed by atoms with van der Waals surface area (Å²) in [6.45, 7) is 9.75. The van der Waals surface area contributed by atoms with E-state index in [2.05, 4.69) is 28.7 Å². The summed E-state index contributed by atoms with van der Waals surface area (Å²) in [5.74, 6) is -0.0191. The summed E-state index contributed by atoms with van der Waals surface area (Å²) in [5, 5.41) is 0. The van der Waals surface area contributed by atoms with Crippen molar-refractivity contribution in [2.75, 3.05) is 45.8 Å². The normalized spacial score (nSPS) is 15.2. The van der Waals surface area contributed by atoms with Gasteiger partial charge in [-0.1, -0.05) is 20.3 Å². The molecule has 0 radical (unpaired) electrons. The van der Waals surface area contributed by atoms with Crippen LogP contribution in [-0.2, 0) is 4.79 Å². The van der Waals surface area contributed by atoms with E-state index in [1.54, 1.807) is 11.1 Å². The van der Waals surface area contributed by atoms with Gasteiger partial charge in [0.2, 0.25) is 5.91 Å². The molecule has 1 aromatic heterocycles. The smallest absolute Gasteiger partial charge is 0.274 e. The van der Waals surface area contributed by atoms with E-state index in [1.807, 2.05) is 4.90 Å². The van der Waals surface area contributed by atoms with Crippen LogP contribution in [0.15, 0.2) is 18.6 Å². The van der Waals surface area contributed by atoms with E-state index in [0.717, 1.165) is 45.6 Å². The van der Waals surface area contributed by atoms with Crippen LogP contribution in [0.5, 0.6) is 0 Å². The fraction of sp³-hybridized carbons (Fsp3) is 0.667. The summed E-state index contributed by atoms with van der Waals surface area (Å²) >= 11 is 0. The second kappa shape index (κ2) is 10.1. The summed E-state index contributed by atoms with van der Waals surface area (Å²) in [6, 6.07) is 0. The molecule has 1 saturated heterocycles. The molecule has 138 valence electrons. The first kappa shape index (κ1) is 19.3. The predicted octanol–water partition coefficient (Wildman–Crippen LogP) is 1.27. The van der Waals surface area contributed by atoms with E-state index >= 15 is 0 Å². The summed E-state index contributed by atoms with van der Waals surface area (Å²) in [5.41, 5.74) is 0.336. The molecule has 2 rings (SSSR count). The zero-order valence-electron chi connectivity index (χ0n) is 15.4. The molecule has 0 spiro atoms. The molecule has 2 heterocycles. The third-order valence-electron chi connectivity index (χ3n) is 4.62. The number of rotatable bonds is 8. The first-order valence-corrected chi connectivity index (χ1v) is 9.21. The fourth-order valence-electron chi connectivity index (χ4n) is 2.94. The minimum absolute atomic E-state index is 0.129. The first-order chi connectivity index (χ1) is 12.2. The standard InChI is InChI=1S/C18H29N5O2/c1-3-5-9-23(18(25)16-15-19-7-8-20-16)10-6-17(24)22-13-11-21(4-2)12-14-22/h7-8,15H,3-6,9-14H2,1-2H3. The van der Waals surface area contributed by atoms with E-state index in [-0.39, 0.29) is 11.8 Å². The van der Waals surface area contributed by atoms with Crippen molar-refractivity contribution in [1.29, 1.82) is 0 Å². The maximum Gasteiger partial charge on any atom is 0.274 e. The van der Waals surface area contributed by atoms with Crippen molar-refractivity contribution in [3.05, 3.63) is 24.3 Å². The van der Waals surface area contributed by atoms with Crippen molar-refractivity contribution < 1.29 is 9.59 Å². The molecule has 0 aromatic carbocycles. The molecule has 0 saturated carbocycles. The highest BCUT2D eigenvalue weighted by molar-refractivity contribution is 5.92. The molecule has 0 unspecified atom stereocenters. The van der Waals surface area contributed by atoms with Crippen LogP contribution in [0, 0.1) is 0 Å². The molecule has 1 aliphatic heterocycles. The van der Waals surface area contributed by atoms with Crippen molar-refractivity contribution in [2.24, 2.45) is 0 Å². The fourth-order valence-corrected chi connectivity index (χ4v) is 2.94. The van der Waals surface area contributed by atoms with E-state index in [1.165, 1.54) is 12.4 Å². The quantitative estimate of drug-likeness (QED) is 0.708. The van der Waals surface area contributed by atoms with Crippen LogP contribution in [0.1, 0.15) is 43.6 Å². The second-order valence-electron chi connectivity index (χ2n) is 6.30. The van der Waals surface area contributed by atoms with Crippen LogP contribution in [0.2, 0.25) is 0 Å². The zero-order chi connectivity index (χ0) is 18.1. The van der Waals surface area contributed by atoms with Crippen LogP contribution < -0.4 is 0 Å². The lowest BCUT2D eigenvalue weighted by Crippen LogP contribution is -2.49. The van der Waals surface area contributed by atoms with Crippen LogP contribution in [-0.4, -0.2) is 82.3 Å². The average Bonchev–Trinajstić information content (AvgIpc) is 2.68. The van der Waals surface area contributed by atoms with Gasteiger partial charge in [-0.2, -0.15) is 0 Å². The molecule has 1 fully saturated rings. The highest BCUT2D eigenvalue weighted by atomic mass is 16.2. The van der Waals surface area contributed by atoms with Gasteiger partial charge in [0.05, 0.1) is 6.20 Å². The zero-order valence-corrected chi connectivity index (χ0v) is 15.4. The number of carbonyl (C=O) groups is 2.